The molecule has 5 nitrogen and oxygen atoms in total. The summed E-state index contributed by atoms with van der Waals surface area (Å²) in [5.41, 5.74) is 7.36. The number of benzene rings is 2. The quantitative estimate of drug-likeness (QED) is 0.582. The molecule has 0 unspecified atom stereocenters. The normalized spacial score (nSPS) is 10.8. The summed E-state index contributed by atoms with van der Waals surface area (Å²) in [7, 11) is 0. The van der Waals surface area contributed by atoms with E-state index in [0.717, 1.165) is 21.3 Å². The molecule has 0 saturated heterocycles. The number of halogens is 1. The minimum absolute atomic E-state index is 0.296. The van der Waals surface area contributed by atoms with E-state index in [-0.39, 0.29) is 5.82 Å². The van der Waals surface area contributed by atoms with Crippen LogP contribution in [-0.4, -0.2) is 15.9 Å². The Labute approximate surface area is 151 Å². The maximum absolute atomic E-state index is 13.2. The van der Waals surface area contributed by atoms with Crippen LogP contribution in [-0.2, 0) is 0 Å². The third-order valence-corrected chi connectivity index (χ3v) is 4.73. The molecule has 2 heterocycles. The van der Waals surface area contributed by atoms with Gasteiger partial charge in [0, 0.05) is 16.5 Å². The lowest BCUT2D eigenvalue weighted by atomic mass is 10.1. The number of nitrogens with two attached hydrogens (primary N) is 1. The number of aromatic nitrogens is 2. The summed E-state index contributed by atoms with van der Waals surface area (Å²) in [5.74, 6) is 0.113. The smallest absolute Gasteiger partial charge is 0.248 e. The first-order chi connectivity index (χ1) is 12.6. The monoisotopic (exact) mass is 365 g/mol. The predicted octanol–water partition coefficient (Wildman–Crippen LogP) is 4.39. The van der Waals surface area contributed by atoms with Crippen LogP contribution >= 0.6 is 11.3 Å². The van der Waals surface area contributed by atoms with E-state index < -0.39 is 5.91 Å². The highest BCUT2D eigenvalue weighted by molar-refractivity contribution is 7.17. The number of amides is 1. The van der Waals surface area contributed by atoms with Crippen LogP contribution in [0.2, 0.25) is 0 Å². The minimum atomic E-state index is -0.502. The summed E-state index contributed by atoms with van der Waals surface area (Å²) < 4.78 is 19.1. The second kappa shape index (κ2) is 6.53. The average Bonchev–Trinajstić information content (AvgIpc) is 3.08. The molecule has 7 heteroatoms. The van der Waals surface area contributed by atoms with E-state index in [9.17, 15) is 9.18 Å². The van der Waals surface area contributed by atoms with Crippen LogP contribution in [0.1, 0.15) is 10.4 Å². The van der Waals surface area contributed by atoms with Gasteiger partial charge in [0.05, 0.1) is 5.39 Å². The first-order valence-electron chi connectivity index (χ1n) is 7.67. The molecule has 0 aliphatic heterocycles. The number of hydrogen-bond donors (Lipinski definition) is 1. The lowest BCUT2D eigenvalue weighted by molar-refractivity contribution is 0.100. The van der Waals surface area contributed by atoms with E-state index in [2.05, 4.69) is 9.97 Å². The fourth-order valence-corrected chi connectivity index (χ4v) is 3.47. The van der Waals surface area contributed by atoms with Crippen molar-refractivity contribution in [1.29, 1.82) is 0 Å². The number of fused-ring (bicyclic) bond motifs is 1. The summed E-state index contributed by atoms with van der Waals surface area (Å²) in [5, 5.41) is 2.69. The molecule has 0 aliphatic carbocycles. The van der Waals surface area contributed by atoms with Gasteiger partial charge < -0.3 is 10.5 Å². The molecule has 2 aromatic carbocycles. The maximum atomic E-state index is 13.2. The van der Waals surface area contributed by atoms with E-state index in [1.165, 1.54) is 29.8 Å². The molecule has 0 saturated carbocycles. The molecule has 2 aromatic heterocycles. The topological polar surface area (TPSA) is 78.1 Å². The van der Waals surface area contributed by atoms with Crippen LogP contribution in [0.25, 0.3) is 21.3 Å². The number of thiophene rings is 1. The highest BCUT2D eigenvalue weighted by Crippen LogP contribution is 2.38. The van der Waals surface area contributed by atoms with Gasteiger partial charge in [-0.25, -0.2) is 14.4 Å². The van der Waals surface area contributed by atoms with Crippen molar-refractivity contribution in [1.82, 2.24) is 9.97 Å². The highest BCUT2D eigenvalue weighted by Gasteiger charge is 2.15. The molecule has 128 valence electrons. The summed E-state index contributed by atoms with van der Waals surface area (Å²) in [4.78, 5) is 20.5. The number of ether oxygens (including phenoxy) is 1. The summed E-state index contributed by atoms with van der Waals surface area (Å²) in [6, 6.07) is 12.7. The van der Waals surface area contributed by atoms with Crippen molar-refractivity contribution in [3.05, 3.63) is 71.6 Å². The van der Waals surface area contributed by atoms with Gasteiger partial charge in [-0.15, -0.1) is 11.3 Å². The van der Waals surface area contributed by atoms with Gasteiger partial charge in [-0.1, -0.05) is 12.1 Å². The summed E-state index contributed by atoms with van der Waals surface area (Å²) in [6.45, 7) is 0. The molecule has 0 fully saturated rings. The van der Waals surface area contributed by atoms with E-state index in [1.54, 1.807) is 36.4 Å². The van der Waals surface area contributed by atoms with Gasteiger partial charge >= 0.3 is 0 Å². The Morgan fingerprint density at radius 3 is 2.46 bits per heavy atom. The van der Waals surface area contributed by atoms with Crippen molar-refractivity contribution in [2.24, 2.45) is 5.73 Å². The largest absolute Gasteiger partial charge is 0.438 e. The fourth-order valence-electron chi connectivity index (χ4n) is 2.57. The van der Waals surface area contributed by atoms with Crippen LogP contribution in [0.5, 0.6) is 11.6 Å². The Morgan fingerprint density at radius 2 is 1.77 bits per heavy atom. The molecule has 26 heavy (non-hydrogen) atoms. The molecule has 0 bridgehead atoms. The maximum Gasteiger partial charge on any atom is 0.248 e. The van der Waals surface area contributed by atoms with Crippen LogP contribution in [0.15, 0.2) is 60.2 Å². The molecule has 4 aromatic rings. The van der Waals surface area contributed by atoms with Crippen LogP contribution in [0.3, 0.4) is 0 Å². The lowest BCUT2D eigenvalue weighted by Gasteiger charge is -2.08. The van der Waals surface area contributed by atoms with Crippen molar-refractivity contribution in [2.45, 2.75) is 0 Å². The Morgan fingerprint density at radius 1 is 1.04 bits per heavy atom. The first kappa shape index (κ1) is 16.2. The number of hydrogen-bond acceptors (Lipinski definition) is 5. The molecular weight excluding hydrogens is 353 g/mol. The third kappa shape index (κ3) is 3.00. The average molecular weight is 365 g/mol. The molecular formula is C19H12FN3O2S. The molecule has 4 rings (SSSR count). The van der Waals surface area contributed by atoms with Crippen molar-refractivity contribution in [2.75, 3.05) is 0 Å². The van der Waals surface area contributed by atoms with Gasteiger partial charge in [0.1, 0.15) is 22.7 Å². The molecule has 0 aliphatic rings. The second-order valence-corrected chi connectivity index (χ2v) is 6.36. The van der Waals surface area contributed by atoms with E-state index in [1.807, 2.05) is 5.38 Å². The number of nitrogens with zero attached hydrogens (tertiary/aromatic N) is 2. The Balaban J connectivity index is 1.76. The van der Waals surface area contributed by atoms with E-state index in [4.69, 9.17) is 10.5 Å². The van der Waals surface area contributed by atoms with Crippen molar-refractivity contribution >= 4 is 27.5 Å². The lowest BCUT2D eigenvalue weighted by Crippen LogP contribution is -2.10. The van der Waals surface area contributed by atoms with Gasteiger partial charge in [0.15, 0.2) is 0 Å². The molecule has 2 N–H and O–H groups in total. The van der Waals surface area contributed by atoms with Gasteiger partial charge in [-0.2, -0.15) is 0 Å². The molecule has 0 atom stereocenters. The number of carbonyl (C=O) groups excluding carboxylic acids is 1. The van der Waals surface area contributed by atoms with Gasteiger partial charge in [0.2, 0.25) is 11.8 Å². The Kier molecular flexibility index (Phi) is 4.06. The van der Waals surface area contributed by atoms with Crippen molar-refractivity contribution in [3.8, 4) is 22.8 Å². The van der Waals surface area contributed by atoms with Crippen LogP contribution < -0.4 is 10.5 Å². The van der Waals surface area contributed by atoms with Gasteiger partial charge in [-0.05, 0) is 42.0 Å². The number of rotatable bonds is 4. The van der Waals surface area contributed by atoms with Crippen molar-refractivity contribution < 1.29 is 13.9 Å². The molecule has 0 radical (unpaired) electrons. The summed E-state index contributed by atoms with van der Waals surface area (Å²) in [6.07, 6.45) is 1.43. The van der Waals surface area contributed by atoms with Crippen LogP contribution in [0, 0.1) is 5.82 Å². The van der Waals surface area contributed by atoms with E-state index in [0.29, 0.717) is 17.2 Å². The number of carbonyl (C=O) groups is 1. The Hall–Kier alpha value is -3.32. The van der Waals surface area contributed by atoms with Crippen LogP contribution in [0.4, 0.5) is 4.39 Å². The summed E-state index contributed by atoms with van der Waals surface area (Å²) >= 11 is 1.46. The molecule has 1 amide bonds. The number of primary amides is 1. The minimum Gasteiger partial charge on any atom is -0.438 e. The SMILES string of the molecule is NC(=O)c1ccc(Oc2ncnc3scc(-c4ccc(F)cc4)c23)cc1. The molecule has 0 spiro atoms. The second-order valence-electron chi connectivity index (χ2n) is 5.51. The zero-order valence-corrected chi connectivity index (χ0v) is 14.2. The highest BCUT2D eigenvalue weighted by atomic mass is 32.1. The zero-order chi connectivity index (χ0) is 18.1. The van der Waals surface area contributed by atoms with Gasteiger partial charge in [-0.3, -0.25) is 4.79 Å². The standard InChI is InChI=1S/C19H12FN3O2S/c20-13-5-1-11(2-6-13)15-9-26-19-16(15)18(22-10-23-19)25-14-7-3-12(4-8-14)17(21)24/h1-10H,(H2,21,24). The first-order valence-corrected chi connectivity index (χ1v) is 8.55. The fraction of sp³-hybridized carbons (Fsp3) is 0. The zero-order valence-electron chi connectivity index (χ0n) is 13.3. The van der Waals surface area contributed by atoms with Crippen molar-refractivity contribution in [3.63, 3.8) is 0 Å². The van der Waals surface area contributed by atoms with Gasteiger partial charge in [0.25, 0.3) is 0 Å². The predicted molar refractivity (Wildman–Crippen MR) is 97.8 cm³/mol. The Bertz CT molecular complexity index is 1090. The third-order valence-electron chi connectivity index (χ3n) is 3.84. The van der Waals surface area contributed by atoms with E-state index >= 15 is 0 Å².